The lowest BCUT2D eigenvalue weighted by Crippen LogP contribution is -2.44. The van der Waals surface area contributed by atoms with Crippen molar-refractivity contribution < 1.29 is 9.53 Å². The first-order valence-electron chi connectivity index (χ1n) is 9.18. The Kier molecular flexibility index (Phi) is 4.07. The number of benzene rings is 1. The lowest BCUT2D eigenvalue weighted by molar-refractivity contribution is -0.138. The smallest absolute Gasteiger partial charge is 0.227 e. The van der Waals surface area contributed by atoms with E-state index in [0.717, 1.165) is 35.6 Å². The fourth-order valence-electron chi connectivity index (χ4n) is 3.95. The van der Waals surface area contributed by atoms with Crippen LogP contribution in [0.3, 0.4) is 0 Å². The Hall–Kier alpha value is -2.27. The predicted molar refractivity (Wildman–Crippen MR) is 99.5 cm³/mol. The number of carbonyl (C=O) groups is 1. The van der Waals surface area contributed by atoms with Crippen LogP contribution >= 0.6 is 0 Å². The molecule has 26 heavy (non-hydrogen) atoms. The van der Waals surface area contributed by atoms with Crippen molar-refractivity contribution >= 4 is 5.91 Å². The van der Waals surface area contributed by atoms with E-state index in [-0.39, 0.29) is 16.7 Å². The number of fused-ring (bicyclic) bond motifs is 2. The van der Waals surface area contributed by atoms with Crippen LogP contribution in [-0.2, 0) is 21.6 Å². The summed E-state index contributed by atoms with van der Waals surface area (Å²) in [5.41, 5.74) is 2.52. The number of hydrogen-bond acceptors (Lipinski definition) is 4. The zero-order valence-corrected chi connectivity index (χ0v) is 15.7. The molecule has 0 saturated carbocycles. The Bertz CT molecular complexity index is 829. The summed E-state index contributed by atoms with van der Waals surface area (Å²) in [5.74, 6) is 0.935. The van der Waals surface area contributed by atoms with Gasteiger partial charge in [0.1, 0.15) is 0 Å². The van der Waals surface area contributed by atoms with E-state index >= 15 is 0 Å². The normalized spacial score (nSPS) is 22.5. The summed E-state index contributed by atoms with van der Waals surface area (Å²) < 4.78 is 5.88. The van der Waals surface area contributed by atoms with Gasteiger partial charge in [0.2, 0.25) is 5.91 Å². The predicted octanol–water partition coefficient (Wildman–Crippen LogP) is 3.19. The van der Waals surface area contributed by atoms with Crippen molar-refractivity contribution in [2.24, 2.45) is 5.41 Å². The van der Waals surface area contributed by atoms with Crippen molar-refractivity contribution in [2.75, 3.05) is 19.7 Å². The van der Waals surface area contributed by atoms with E-state index < -0.39 is 0 Å². The van der Waals surface area contributed by atoms with Crippen LogP contribution in [0.15, 0.2) is 36.5 Å². The average Bonchev–Trinajstić information content (AvgIpc) is 3.06. The molecule has 0 aliphatic carbocycles. The highest BCUT2D eigenvalue weighted by molar-refractivity contribution is 5.82. The molecule has 1 unspecified atom stereocenters. The molecule has 1 amide bonds. The molecule has 5 nitrogen and oxygen atoms in total. The minimum atomic E-state index is -0.370. The Morgan fingerprint density at radius 3 is 2.73 bits per heavy atom. The monoisotopic (exact) mass is 351 g/mol. The molecule has 1 saturated heterocycles. The maximum atomic E-state index is 12.7. The highest BCUT2D eigenvalue weighted by Crippen LogP contribution is 2.40. The molecule has 1 atom stereocenters. The lowest BCUT2D eigenvalue weighted by atomic mass is 9.80. The molecule has 0 radical (unpaired) electrons. The van der Waals surface area contributed by atoms with E-state index in [4.69, 9.17) is 9.72 Å². The van der Waals surface area contributed by atoms with Crippen LogP contribution in [0.4, 0.5) is 0 Å². The van der Waals surface area contributed by atoms with Crippen molar-refractivity contribution in [3.63, 3.8) is 0 Å². The SMILES string of the molecule is CC(C)(C)C(=O)N1CCC2(COCc3cnc(-c4ccccc4)nc32)C1. The number of rotatable bonds is 1. The summed E-state index contributed by atoms with van der Waals surface area (Å²) in [5, 5.41) is 0. The molecule has 0 N–H and O–H groups in total. The van der Waals surface area contributed by atoms with Gasteiger partial charge in [0.05, 0.1) is 24.3 Å². The molecule has 1 spiro atoms. The Balaban J connectivity index is 1.70. The third-order valence-electron chi connectivity index (χ3n) is 5.32. The van der Waals surface area contributed by atoms with Crippen molar-refractivity contribution in [1.29, 1.82) is 0 Å². The van der Waals surface area contributed by atoms with Gasteiger partial charge in [-0.3, -0.25) is 4.79 Å². The summed E-state index contributed by atoms with van der Waals surface area (Å²) in [4.78, 5) is 24.2. The lowest BCUT2D eigenvalue weighted by Gasteiger charge is -2.35. The number of aromatic nitrogens is 2. The first-order valence-corrected chi connectivity index (χ1v) is 9.18. The number of ether oxygens (including phenoxy) is 1. The molecule has 5 heteroatoms. The standard InChI is InChI=1S/C21H25N3O2/c1-20(2,3)19(25)24-10-9-21(13-24)14-26-12-16-11-22-18(23-17(16)21)15-7-5-4-6-8-15/h4-8,11H,9-10,12-14H2,1-3H3. The fraction of sp³-hybridized carbons (Fsp3) is 0.476. The van der Waals surface area contributed by atoms with Crippen LogP contribution in [0.5, 0.6) is 0 Å². The highest BCUT2D eigenvalue weighted by Gasteiger charge is 2.47. The second kappa shape index (κ2) is 6.16. The fourth-order valence-corrected chi connectivity index (χ4v) is 3.95. The highest BCUT2D eigenvalue weighted by atomic mass is 16.5. The van der Waals surface area contributed by atoms with Crippen LogP contribution in [0, 0.1) is 5.41 Å². The van der Waals surface area contributed by atoms with E-state index in [1.807, 2.05) is 62.2 Å². The Morgan fingerprint density at radius 2 is 2.00 bits per heavy atom. The molecule has 2 aliphatic rings. The number of hydrogen-bond donors (Lipinski definition) is 0. The van der Waals surface area contributed by atoms with Crippen LogP contribution in [0.1, 0.15) is 38.4 Å². The third kappa shape index (κ3) is 2.90. The molecule has 1 aromatic carbocycles. The molecule has 1 aromatic heterocycles. The van der Waals surface area contributed by atoms with Gasteiger partial charge < -0.3 is 9.64 Å². The largest absolute Gasteiger partial charge is 0.376 e. The van der Waals surface area contributed by atoms with E-state index in [2.05, 4.69) is 4.98 Å². The number of nitrogens with zero attached hydrogens (tertiary/aromatic N) is 3. The summed E-state index contributed by atoms with van der Waals surface area (Å²) >= 11 is 0. The van der Waals surface area contributed by atoms with Gasteiger partial charge in [-0.1, -0.05) is 51.1 Å². The van der Waals surface area contributed by atoms with E-state index in [1.165, 1.54) is 0 Å². The van der Waals surface area contributed by atoms with Gasteiger partial charge in [-0.05, 0) is 6.42 Å². The van der Waals surface area contributed by atoms with E-state index in [1.54, 1.807) is 0 Å². The van der Waals surface area contributed by atoms with Gasteiger partial charge in [0, 0.05) is 35.8 Å². The minimum absolute atomic E-state index is 0.193. The second-order valence-corrected chi connectivity index (χ2v) is 8.43. The molecule has 136 valence electrons. The topological polar surface area (TPSA) is 55.3 Å². The number of likely N-dealkylation sites (tertiary alicyclic amines) is 1. The van der Waals surface area contributed by atoms with Crippen molar-refractivity contribution in [3.05, 3.63) is 47.8 Å². The molecule has 2 aromatic rings. The van der Waals surface area contributed by atoms with Crippen LogP contribution in [-0.4, -0.2) is 40.5 Å². The summed E-state index contributed by atoms with van der Waals surface area (Å²) in [7, 11) is 0. The van der Waals surface area contributed by atoms with Gasteiger partial charge in [0.25, 0.3) is 0 Å². The zero-order chi connectivity index (χ0) is 18.4. The van der Waals surface area contributed by atoms with Crippen LogP contribution in [0.2, 0.25) is 0 Å². The van der Waals surface area contributed by atoms with Crippen molar-refractivity contribution in [1.82, 2.24) is 14.9 Å². The molecule has 1 fully saturated rings. The first kappa shape index (κ1) is 17.2. The van der Waals surface area contributed by atoms with Gasteiger partial charge >= 0.3 is 0 Å². The van der Waals surface area contributed by atoms with E-state index in [0.29, 0.717) is 19.8 Å². The molecule has 3 heterocycles. The summed E-state index contributed by atoms with van der Waals surface area (Å²) in [6.07, 6.45) is 2.77. The average molecular weight is 351 g/mol. The molecule has 4 rings (SSSR count). The maximum absolute atomic E-state index is 12.7. The van der Waals surface area contributed by atoms with Crippen LogP contribution < -0.4 is 0 Å². The summed E-state index contributed by atoms with van der Waals surface area (Å²) in [6, 6.07) is 10.0. The molecular weight excluding hydrogens is 326 g/mol. The summed E-state index contributed by atoms with van der Waals surface area (Å²) in [6.45, 7) is 8.49. The van der Waals surface area contributed by atoms with Gasteiger partial charge in [0.15, 0.2) is 5.82 Å². The quantitative estimate of drug-likeness (QED) is 0.792. The molecular formula is C21H25N3O2. The van der Waals surface area contributed by atoms with Crippen molar-refractivity contribution in [3.8, 4) is 11.4 Å². The van der Waals surface area contributed by atoms with Gasteiger partial charge in [-0.15, -0.1) is 0 Å². The minimum Gasteiger partial charge on any atom is -0.376 e. The second-order valence-electron chi connectivity index (χ2n) is 8.43. The molecule has 0 bridgehead atoms. The Labute approximate surface area is 154 Å². The Morgan fingerprint density at radius 1 is 1.23 bits per heavy atom. The third-order valence-corrected chi connectivity index (χ3v) is 5.32. The van der Waals surface area contributed by atoms with E-state index in [9.17, 15) is 4.79 Å². The first-order chi connectivity index (χ1) is 12.4. The van der Waals surface area contributed by atoms with Gasteiger partial charge in [-0.2, -0.15) is 0 Å². The zero-order valence-electron chi connectivity index (χ0n) is 15.7. The van der Waals surface area contributed by atoms with Crippen molar-refractivity contribution in [2.45, 2.75) is 39.2 Å². The number of amides is 1. The molecule has 2 aliphatic heterocycles. The number of carbonyl (C=O) groups excluding carboxylic acids is 1. The van der Waals surface area contributed by atoms with Gasteiger partial charge in [-0.25, -0.2) is 9.97 Å². The maximum Gasteiger partial charge on any atom is 0.227 e. The van der Waals surface area contributed by atoms with Crippen LogP contribution in [0.25, 0.3) is 11.4 Å².